The van der Waals surface area contributed by atoms with E-state index in [1.165, 1.54) is 24.3 Å². The van der Waals surface area contributed by atoms with Crippen LogP contribution in [0.2, 0.25) is 0 Å². The molecule has 134 valence electrons. The van der Waals surface area contributed by atoms with Gasteiger partial charge in [0.1, 0.15) is 0 Å². The highest BCUT2D eigenvalue weighted by Gasteiger charge is 2.23. The number of carboxylic acids is 1. The van der Waals surface area contributed by atoms with Gasteiger partial charge in [0.05, 0.1) is 10.5 Å². The molecule has 0 aliphatic carbocycles. The molecule has 1 fully saturated rings. The highest BCUT2D eigenvalue weighted by atomic mass is 16.6. The first-order valence-corrected chi connectivity index (χ1v) is 8.08. The number of nitro benzene ring substituents is 1. The number of rotatable bonds is 4. The highest BCUT2D eigenvalue weighted by molar-refractivity contribution is 5.94. The third kappa shape index (κ3) is 3.64. The first-order valence-electron chi connectivity index (χ1n) is 8.08. The average molecular weight is 355 g/mol. The Morgan fingerprint density at radius 1 is 0.962 bits per heavy atom. The minimum absolute atomic E-state index is 0.0512. The molecular formula is C18H17N3O5. The Morgan fingerprint density at radius 2 is 1.62 bits per heavy atom. The first-order chi connectivity index (χ1) is 12.5. The molecule has 2 aromatic rings. The molecule has 8 heteroatoms. The van der Waals surface area contributed by atoms with Crippen molar-refractivity contribution in [3.63, 3.8) is 0 Å². The van der Waals surface area contributed by atoms with Gasteiger partial charge in [0.15, 0.2) is 0 Å². The zero-order valence-corrected chi connectivity index (χ0v) is 13.9. The third-order valence-corrected chi connectivity index (χ3v) is 4.35. The van der Waals surface area contributed by atoms with Gasteiger partial charge in [-0.3, -0.25) is 14.9 Å². The number of carbonyl (C=O) groups is 2. The van der Waals surface area contributed by atoms with E-state index in [0.29, 0.717) is 31.7 Å². The second-order valence-electron chi connectivity index (χ2n) is 5.94. The Balaban J connectivity index is 1.64. The molecular weight excluding hydrogens is 338 g/mol. The number of hydrogen-bond acceptors (Lipinski definition) is 5. The molecule has 1 amide bonds. The molecule has 26 heavy (non-hydrogen) atoms. The van der Waals surface area contributed by atoms with E-state index in [0.717, 1.165) is 5.69 Å². The quantitative estimate of drug-likeness (QED) is 0.666. The Morgan fingerprint density at radius 3 is 2.19 bits per heavy atom. The van der Waals surface area contributed by atoms with E-state index in [1.807, 2.05) is 11.0 Å². The number of carbonyl (C=O) groups excluding carboxylic acids is 1. The molecule has 0 atom stereocenters. The van der Waals surface area contributed by atoms with Crippen LogP contribution in [-0.4, -0.2) is 53.0 Å². The van der Waals surface area contributed by atoms with Crippen molar-refractivity contribution < 1.29 is 19.6 Å². The standard InChI is InChI=1S/C18H17N3O5/c22-17(13-4-6-15(7-5-13)21(25)26)20-10-8-19(9-11-20)16-3-1-2-14(12-16)18(23)24/h1-7,12H,8-11H2,(H,23,24). The van der Waals surface area contributed by atoms with Crippen LogP contribution in [0.3, 0.4) is 0 Å². The minimum Gasteiger partial charge on any atom is -0.478 e. The maximum Gasteiger partial charge on any atom is 0.335 e. The largest absolute Gasteiger partial charge is 0.478 e. The molecule has 1 heterocycles. The van der Waals surface area contributed by atoms with Crippen molar-refractivity contribution in [1.82, 2.24) is 4.90 Å². The lowest BCUT2D eigenvalue weighted by Crippen LogP contribution is -2.48. The summed E-state index contributed by atoms with van der Waals surface area (Å²) in [5.74, 6) is -1.14. The average Bonchev–Trinajstić information content (AvgIpc) is 2.67. The topological polar surface area (TPSA) is 104 Å². The van der Waals surface area contributed by atoms with Gasteiger partial charge in [0.2, 0.25) is 0 Å². The molecule has 8 nitrogen and oxygen atoms in total. The van der Waals surface area contributed by atoms with Gasteiger partial charge >= 0.3 is 5.97 Å². The van der Waals surface area contributed by atoms with Crippen LogP contribution in [0.5, 0.6) is 0 Å². The molecule has 3 rings (SSSR count). The summed E-state index contributed by atoms with van der Waals surface area (Å²) < 4.78 is 0. The number of aromatic carboxylic acids is 1. The summed E-state index contributed by atoms with van der Waals surface area (Å²) in [6.45, 7) is 2.16. The second-order valence-corrected chi connectivity index (χ2v) is 5.94. The van der Waals surface area contributed by atoms with Gasteiger partial charge < -0.3 is 14.9 Å². The van der Waals surface area contributed by atoms with E-state index < -0.39 is 10.9 Å². The number of piperazine rings is 1. The van der Waals surface area contributed by atoms with E-state index in [2.05, 4.69) is 0 Å². The van der Waals surface area contributed by atoms with Crippen LogP contribution in [0.25, 0.3) is 0 Å². The van der Waals surface area contributed by atoms with Crippen molar-refractivity contribution in [3.8, 4) is 0 Å². The number of non-ortho nitro benzene ring substituents is 1. The fraction of sp³-hybridized carbons (Fsp3) is 0.222. The Hall–Kier alpha value is -3.42. The molecule has 1 N–H and O–H groups in total. The molecule has 0 saturated carbocycles. The molecule has 0 radical (unpaired) electrons. The van der Waals surface area contributed by atoms with E-state index >= 15 is 0 Å². The van der Waals surface area contributed by atoms with Gasteiger partial charge in [-0.25, -0.2) is 4.79 Å². The van der Waals surface area contributed by atoms with Crippen molar-refractivity contribution in [2.75, 3.05) is 31.1 Å². The SMILES string of the molecule is O=C(O)c1cccc(N2CCN(C(=O)c3ccc([N+](=O)[O-])cc3)CC2)c1. The van der Waals surface area contributed by atoms with E-state index in [1.54, 1.807) is 23.1 Å². The van der Waals surface area contributed by atoms with E-state index in [9.17, 15) is 19.7 Å². The molecule has 0 spiro atoms. The van der Waals surface area contributed by atoms with Crippen molar-refractivity contribution >= 4 is 23.3 Å². The lowest BCUT2D eigenvalue weighted by Gasteiger charge is -2.36. The zero-order valence-electron chi connectivity index (χ0n) is 13.9. The Kier molecular flexibility index (Phi) is 4.83. The van der Waals surface area contributed by atoms with Crippen molar-refractivity contribution in [1.29, 1.82) is 0 Å². The van der Waals surface area contributed by atoms with Gasteiger partial charge in [0.25, 0.3) is 11.6 Å². The predicted molar refractivity (Wildman–Crippen MR) is 94.6 cm³/mol. The maximum atomic E-state index is 12.5. The summed E-state index contributed by atoms with van der Waals surface area (Å²) in [4.78, 5) is 37.5. The number of nitro groups is 1. The number of nitrogens with zero attached hydrogens (tertiary/aromatic N) is 3. The maximum absolute atomic E-state index is 12.5. The monoisotopic (exact) mass is 355 g/mol. The smallest absolute Gasteiger partial charge is 0.335 e. The van der Waals surface area contributed by atoms with Crippen LogP contribution in [0.4, 0.5) is 11.4 Å². The Bertz CT molecular complexity index is 842. The number of carboxylic acid groups (broad SMARTS) is 1. The first kappa shape index (κ1) is 17.4. The molecule has 0 aromatic heterocycles. The molecule has 1 saturated heterocycles. The molecule has 0 unspecified atom stereocenters. The van der Waals surface area contributed by atoms with Crippen LogP contribution >= 0.6 is 0 Å². The summed E-state index contributed by atoms with van der Waals surface area (Å²) in [6.07, 6.45) is 0. The second kappa shape index (κ2) is 7.22. The lowest BCUT2D eigenvalue weighted by atomic mass is 10.1. The molecule has 1 aliphatic rings. The zero-order chi connectivity index (χ0) is 18.7. The van der Waals surface area contributed by atoms with Crippen molar-refractivity contribution in [3.05, 3.63) is 69.8 Å². The summed E-state index contributed by atoms with van der Waals surface area (Å²) in [6, 6.07) is 12.3. The fourth-order valence-corrected chi connectivity index (χ4v) is 2.91. The molecule has 2 aromatic carbocycles. The van der Waals surface area contributed by atoms with Gasteiger partial charge in [-0.2, -0.15) is 0 Å². The van der Waals surface area contributed by atoms with Gasteiger partial charge in [-0.05, 0) is 30.3 Å². The van der Waals surface area contributed by atoms with Crippen LogP contribution in [0.1, 0.15) is 20.7 Å². The van der Waals surface area contributed by atoms with Gasteiger partial charge in [-0.15, -0.1) is 0 Å². The van der Waals surface area contributed by atoms with Crippen LogP contribution in [0.15, 0.2) is 48.5 Å². The molecule has 0 bridgehead atoms. The number of anilines is 1. The minimum atomic E-state index is -0.973. The third-order valence-electron chi connectivity index (χ3n) is 4.35. The number of benzene rings is 2. The highest BCUT2D eigenvalue weighted by Crippen LogP contribution is 2.20. The number of amides is 1. The normalized spacial score (nSPS) is 14.2. The fourth-order valence-electron chi connectivity index (χ4n) is 2.91. The van der Waals surface area contributed by atoms with Crippen molar-refractivity contribution in [2.24, 2.45) is 0 Å². The van der Waals surface area contributed by atoms with Gasteiger partial charge in [-0.1, -0.05) is 6.07 Å². The van der Waals surface area contributed by atoms with Gasteiger partial charge in [0, 0.05) is 49.6 Å². The summed E-state index contributed by atoms with van der Waals surface area (Å²) in [5.41, 5.74) is 1.40. The molecule has 1 aliphatic heterocycles. The van der Waals surface area contributed by atoms with E-state index in [4.69, 9.17) is 5.11 Å². The van der Waals surface area contributed by atoms with E-state index in [-0.39, 0.29) is 17.2 Å². The summed E-state index contributed by atoms with van der Waals surface area (Å²) in [7, 11) is 0. The number of hydrogen-bond donors (Lipinski definition) is 1. The summed E-state index contributed by atoms with van der Waals surface area (Å²) in [5, 5.41) is 19.8. The van der Waals surface area contributed by atoms with Crippen LogP contribution < -0.4 is 4.90 Å². The predicted octanol–water partition coefficient (Wildman–Crippen LogP) is 2.26. The van der Waals surface area contributed by atoms with Crippen LogP contribution in [-0.2, 0) is 0 Å². The lowest BCUT2D eigenvalue weighted by molar-refractivity contribution is -0.384. The van der Waals surface area contributed by atoms with Crippen molar-refractivity contribution in [2.45, 2.75) is 0 Å². The summed E-state index contributed by atoms with van der Waals surface area (Å²) >= 11 is 0. The Labute approximate surface area is 149 Å². The van der Waals surface area contributed by atoms with Crippen LogP contribution in [0, 0.1) is 10.1 Å².